The second kappa shape index (κ2) is 8.94. The van der Waals surface area contributed by atoms with Crippen molar-refractivity contribution in [2.24, 2.45) is 0 Å². The number of rotatable bonds is 5. The van der Waals surface area contributed by atoms with Crippen LogP contribution in [-0.4, -0.2) is 53.1 Å². The van der Waals surface area contributed by atoms with Crippen LogP contribution in [0.2, 0.25) is 0 Å². The maximum Gasteiger partial charge on any atom is 0.165 e. The number of aryl methyl sites for hydroxylation is 2. The van der Waals surface area contributed by atoms with E-state index in [0.29, 0.717) is 22.9 Å². The molecule has 170 valence electrons. The Balaban J connectivity index is 1.72. The van der Waals surface area contributed by atoms with Crippen LogP contribution in [0.3, 0.4) is 0 Å². The third-order valence-corrected chi connectivity index (χ3v) is 6.11. The van der Waals surface area contributed by atoms with E-state index in [9.17, 15) is 8.78 Å². The second-order valence-electron chi connectivity index (χ2n) is 8.61. The van der Waals surface area contributed by atoms with E-state index in [0.717, 1.165) is 42.9 Å². The summed E-state index contributed by atoms with van der Waals surface area (Å²) in [4.78, 5) is 18.5. The van der Waals surface area contributed by atoms with Crippen molar-refractivity contribution in [1.82, 2.24) is 19.9 Å². The third-order valence-electron chi connectivity index (χ3n) is 6.11. The van der Waals surface area contributed by atoms with Crippen molar-refractivity contribution in [3.63, 3.8) is 0 Å². The number of hydrogen-bond acceptors (Lipinski definition) is 6. The van der Waals surface area contributed by atoms with Crippen molar-refractivity contribution >= 4 is 22.5 Å². The van der Waals surface area contributed by atoms with Crippen molar-refractivity contribution in [1.29, 1.82) is 0 Å². The van der Waals surface area contributed by atoms with Crippen molar-refractivity contribution < 1.29 is 8.78 Å². The van der Waals surface area contributed by atoms with Crippen molar-refractivity contribution in [3.05, 3.63) is 52.7 Å². The van der Waals surface area contributed by atoms with Crippen molar-refractivity contribution in [2.45, 2.75) is 39.9 Å². The van der Waals surface area contributed by atoms with Crippen LogP contribution in [0.5, 0.6) is 0 Å². The second-order valence-corrected chi connectivity index (χ2v) is 8.61. The van der Waals surface area contributed by atoms with Gasteiger partial charge >= 0.3 is 0 Å². The third kappa shape index (κ3) is 4.37. The fraction of sp³-hybridized carbons (Fsp3) is 0.458. The highest BCUT2D eigenvalue weighted by molar-refractivity contribution is 5.90. The summed E-state index contributed by atoms with van der Waals surface area (Å²) in [5, 5.41) is 4.11. The number of alkyl halides is 1. The SMILES string of the molecule is Cc1nc(N[C@H](C)c2cccc(C(C)F)c2F)c2cc(N3CCN(C)CC3)c(C)nc2n1. The molecule has 1 unspecified atom stereocenters. The molecule has 0 amide bonds. The molecule has 0 aliphatic carbocycles. The van der Waals surface area contributed by atoms with Gasteiger partial charge in [0, 0.05) is 37.3 Å². The molecule has 3 aromatic rings. The minimum absolute atomic E-state index is 0.0644. The molecule has 32 heavy (non-hydrogen) atoms. The molecule has 1 aromatic carbocycles. The van der Waals surface area contributed by atoms with E-state index in [1.165, 1.54) is 13.0 Å². The Bertz CT molecular complexity index is 1130. The average Bonchev–Trinajstić information content (AvgIpc) is 2.73. The summed E-state index contributed by atoms with van der Waals surface area (Å²) in [6, 6.07) is 6.50. The van der Waals surface area contributed by atoms with E-state index in [1.807, 2.05) is 20.8 Å². The summed E-state index contributed by atoms with van der Waals surface area (Å²) >= 11 is 0. The molecule has 8 heteroatoms. The number of aromatic nitrogens is 3. The van der Waals surface area contributed by atoms with E-state index in [4.69, 9.17) is 4.98 Å². The summed E-state index contributed by atoms with van der Waals surface area (Å²) in [5.41, 5.74) is 3.06. The molecule has 0 saturated carbocycles. The lowest BCUT2D eigenvalue weighted by molar-refractivity contribution is 0.312. The quantitative estimate of drug-likeness (QED) is 0.619. The molecule has 4 rings (SSSR count). The van der Waals surface area contributed by atoms with Gasteiger partial charge in [0.1, 0.15) is 23.6 Å². The number of nitrogens with one attached hydrogen (secondary N) is 1. The molecule has 1 N–H and O–H groups in total. The molecular weight excluding hydrogens is 410 g/mol. The topological polar surface area (TPSA) is 57.2 Å². The molecule has 2 atom stereocenters. The first-order valence-corrected chi connectivity index (χ1v) is 11.0. The van der Waals surface area contributed by atoms with Gasteiger partial charge in [0.25, 0.3) is 0 Å². The standard InChI is InChI=1S/C24H30F2N6/c1-14(25)18-7-6-8-19(22(18)26)15(2)27-23-20-13-21(32-11-9-31(5)10-12-32)16(3)28-24(20)30-17(4)29-23/h6-8,13-15H,9-12H2,1-5H3,(H,27,28,29,30)/t14?,15-/m1/s1. The minimum atomic E-state index is -1.37. The lowest BCUT2D eigenvalue weighted by Crippen LogP contribution is -2.44. The molecule has 0 bridgehead atoms. The first kappa shape index (κ1) is 22.3. The van der Waals surface area contributed by atoms with Crippen LogP contribution in [-0.2, 0) is 0 Å². The fourth-order valence-corrected chi connectivity index (χ4v) is 4.21. The van der Waals surface area contributed by atoms with Crippen LogP contribution in [0.15, 0.2) is 24.3 Å². The maximum atomic E-state index is 14.9. The molecule has 2 aromatic heterocycles. The first-order valence-electron chi connectivity index (χ1n) is 11.0. The van der Waals surface area contributed by atoms with Gasteiger partial charge in [-0.05, 0) is 40.8 Å². The van der Waals surface area contributed by atoms with Gasteiger partial charge in [0.2, 0.25) is 0 Å². The van der Waals surface area contributed by atoms with Gasteiger partial charge in [0.15, 0.2) is 5.65 Å². The molecule has 1 fully saturated rings. The van der Waals surface area contributed by atoms with Crippen LogP contribution in [0.25, 0.3) is 11.0 Å². The molecule has 0 spiro atoms. The van der Waals surface area contributed by atoms with Crippen molar-refractivity contribution in [2.75, 3.05) is 43.4 Å². The van der Waals surface area contributed by atoms with Gasteiger partial charge in [0.05, 0.1) is 22.8 Å². The number of benzene rings is 1. The van der Waals surface area contributed by atoms with Crippen LogP contribution in [0.4, 0.5) is 20.3 Å². The van der Waals surface area contributed by atoms with E-state index < -0.39 is 18.0 Å². The zero-order valence-corrected chi connectivity index (χ0v) is 19.3. The Labute approximate surface area is 187 Å². The predicted molar refractivity (Wildman–Crippen MR) is 124 cm³/mol. The zero-order chi connectivity index (χ0) is 23.0. The van der Waals surface area contributed by atoms with E-state index >= 15 is 0 Å². The summed E-state index contributed by atoms with van der Waals surface area (Å²) in [7, 11) is 2.13. The lowest BCUT2D eigenvalue weighted by atomic mass is 10.0. The van der Waals surface area contributed by atoms with E-state index in [1.54, 1.807) is 12.1 Å². The Kier molecular flexibility index (Phi) is 6.24. The maximum absolute atomic E-state index is 14.9. The summed E-state index contributed by atoms with van der Waals surface area (Å²) in [5.74, 6) is 0.656. The van der Waals surface area contributed by atoms with Gasteiger partial charge in [-0.3, -0.25) is 0 Å². The smallest absolute Gasteiger partial charge is 0.165 e. The van der Waals surface area contributed by atoms with Gasteiger partial charge in [-0.1, -0.05) is 18.2 Å². The molecule has 3 heterocycles. The fourth-order valence-electron chi connectivity index (χ4n) is 4.21. The highest BCUT2D eigenvalue weighted by atomic mass is 19.1. The number of nitrogens with zero attached hydrogens (tertiary/aromatic N) is 5. The predicted octanol–water partition coefficient (Wildman–Crippen LogP) is 4.74. The number of anilines is 2. The lowest BCUT2D eigenvalue weighted by Gasteiger charge is -2.34. The number of likely N-dealkylation sites (N-methyl/N-ethyl adjacent to an activating group) is 1. The van der Waals surface area contributed by atoms with Crippen LogP contribution < -0.4 is 10.2 Å². The molecule has 1 aliphatic rings. The molecule has 1 aliphatic heterocycles. The number of fused-ring (bicyclic) bond motifs is 1. The molecular formula is C24H30F2N6. The number of pyridine rings is 1. The average molecular weight is 441 g/mol. The largest absolute Gasteiger partial charge is 0.367 e. The van der Waals surface area contributed by atoms with E-state index in [-0.39, 0.29) is 5.56 Å². The minimum Gasteiger partial charge on any atom is -0.367 e. The zero-order valence-electron chi connectivity index (χ0n) is 19.3. The van der Waals surface area contributed by atoms with Gasteiger partial charge in [-0.15, -0.1) is 0 Å². The van der Waals surface area contributed by atoms with Crippen LogP contribution in [0, 0.1) is 19.7 Å². The normalized spacial score (nSPS) is 16.9. The highest BCUT2D eigenvalue weighted by Crippen LogP contribution is 2.32. The van der Waals surface area contributed by atoms with Gasteiger partial charge in [-0.2, -0.15) is 0 Å². The molecule has 1 saturated heterocycles. The van der Waals surface area contributed by atoms with Crippen LogP contribution in [0.1, 0.15) is 48.7 Å². The number of piperazine rings is 1. The number of halogens is 2. The summed E-state index contributed by atoms with van der Waals surface area (Å²) in [6.45, 7) is 10.8. The Morgan fingerprint density at radius 2 is 1.69 bits per heavy atom. The Morgan fingerprint density at radius 3 is 2.38 bits per heavy atom. The Hall–Kier alpha value is -2.87. The van der Waals surface area contributed by atoms with Gasteiger partial charge < -0.3 is 15.1 Å². The number of hydrogen-bond donors (Lipinski definition) is 1. The van der Waals surface area contributed by atoms with Gasteiger partial charge in [-0.25, -0.2) is 23.7 Å². The van der Waals surface area contributed by atoms with Crippen LogP contribution >= 0.6 is 0 Å². The molecule has 6 nitrogen and oxygen atoms in total. The first-order chi connectivity index (χ1) is 15.2. The highest BCUT2D eigenvalue weighted by Gasteiger charge is 2.21. The van der Waals surface area contributed by atoms with Crippen molar-refractivity contribution in [3.8, 4) is 0 Å². The molecule has 0 radical (unpaired) electrons. The van der Waals surface area contributed by atoms with E-state index in [2.05, 4.69) is 38.2 Å². The Morgan fingerprint density at radius 1 is 1.00 bits per heavy atom. The summed E-state index contributed by atoms with van der Waals surface area (Å²) < 4.78 is 28.7. The summed E-state index contributed by atoms with van der Waals surface area (Å²) in [6.07, 6.45) is -1.37. The monoisotopic (exact) mass is 440 g/mol.